The number of allylic oxidation sites excluding steroid dienone is 1. The van der Waals surface area contributed by atoms with Crippen LogP contribution in [-0.4, -0.2) is 10.2 Å². The molecule has 0 fully saturated rings. The molecule has 2 N–H and O–H groups in total. The third-order valence-corrected chi connectivity index (χ3v) is 3.03. The van der Waals surface area contributed by atoms with E-state index in [0.29, 0.717) is 5.56 Å². The molecule has 0 aromatic heterocycles. The van der Waals surface area contributed by atoms with Gasteiger partial charge in [-0.05, 0) is 54.5 Å². The van der Waals surface area contributed by atoms with Crippen LogP contribution in [0, 0.1) is 12.3 Å². The van der Waals surface area contributed by atoms with Crippen LogP contribution in [-0.2, 0) is 19.6 Å². The van der Waals surface area contributed by atoms with Crippen LogP contribution in [0.25, 0.3) is 0 Å². The van der Waals surface area contributed by atoms with Gasteiger partial charge in [-0.25, -0.2) is 0 Å². The van der Waals surface area contributed by atoms with Crippen molar-refractivity contribution < 1.29 is 10.2 Å². The summed E-state index contributed by atoms with van der Waals surface area (Å²) >= 11 is 0. The first kappa shape index (κ1) is 14.5. The number of unbranched alkanes of at least 4 members (excludes halogenated alkanes) is 2. The molecule has 0 unspecified atom stereocenters. The van der Waals surface area contributed by atoms with E-state index in [2.05, 4.69) is 12.5 Å². The van der Waals surface area contributed by atoms with E-state index >= 15 is 0 Å². The summed E-state index contributed by atoms with van der Waals surface area (Å²) in [5.74, 6) is 2.54. The van der Waals surface area contributed by atoms with Gasteiger partial charge in [0.15, 0.2) is 0 Å². The first-order valence-corrected chi connectivity index (χ1v) is 6.20. The molecule has 0 aliphatic carbocycles. The minimum Gasteiger partial charge on any atom is -0.392 e. The van der Waals surface area contributed by atoms with Crippen LogP contribution in [0.4, 0.5) is 0 Å². The highest BCUT2D eigenvalue weighted by Gasteiger charge is 2.09. The average Bonchev–Trinajstić information content (AvgIpc) is 2.42. The standard InChI is InChI=1S/C16H20O2/c1-3-5-6-7-8-16-14(11-17)9-13(4-2)10-15(16)12-18/h2-3,9-10,17-18H,1,5-8,11-12H2. The third-order valence-electron chi connectivity index (χ3n) is 3.03. The number of aliphatic hydroxyl groups excluding tert-OH is 2. The molecule has 0 saturated heterocycles. The number of rotatable bonds is 7. The van der Waals surface area contributed by atoms with E-state index in [1.165, 1.54) is 0 Å². The Kier molecular flexibility index (Phi) is 6.21. The molecule has 0 atom stereocenters. The molecule has 2 nitrogen and oxygen atoms in total. The van der Waals surface area contributed by atoms with Crippen LogP contribution in [0.15, 0.2) is 24.8 Å². The lowest BCUT2D eigenvalue weighted by Crippen LogP contribution is -2.02. The Morgan fingerprint density at radius 3 is 2.22 bits per heavy atom. The summed E-state index contributed by atoms with van der Waals surface area (Å²) in [5.41, 5.74) is 3.39. The second-order valence-electron chi connectivity index (χ2n) is 4.27. The minimum absolute atomic E-state index is 0.0423. The Morgan fingerprint density at radius 1 is 1.17 bits per heavy atom. The molecule has 0 bridgehead atoms. The molecule has 2 heteroatoms. The molecule has 0 spiro atoms. The number of hydrogen-bond acceptors (Lipinski definition) is 2. The fourth-order valence-electron chi connectivity index (χ4n) is 2.07. The lowest BCUT2D eigenvalue weighted by Gasteiger charge is -2.13. The maximum Gasteiger partial charge on any atom is 0.0685 e. The zero-order chi connectivity index (χ0) is 13.4. The van der Waals surface area contributed by atoms with Crippen LogP contribution in [0.3, 0.4) is 0 Å². The van der Waals surface area contributed by atoms with E-state index in [4.69, 9.17) is 6.42 Å². The van der Waals surface area contributed by atoms with Crippen LogP contribution in [0.5, 0.6) is 0 Å². The summed E-state index contributed by atoms with van der Waals surface area (Å²) in [6, 6.07) is 3.64. The van der Waals surface area contributed by atoms with Crippen molar-refractivity contribution in [3.05, 3.63) is 47.0 Å². The van der Waals surface area contributed by atoms with E-state index in [9.17, 15) is 10.2 Å². The van der Waals surface area contributed by atoms with E-state index in [1.807, 2.05) is 18.2 Å². The molecule has 0 saturated carbocycles. The molecule has 96 valence electrons. The van der Waals surface area contributed by atoms with Gasteiger partial charge >= 0.3 is 0 Å². The van der Waals surface area contributed by atoms with Crippen molar-refractivity contribution >= 4 is 0 Å². The largest absolute Gasteiger partial charge is 0.392 e. The first-order valence-electron chi connectivity index (χ1n) is 6.20. The summed E-state index contributed by atoms with van der Waals surface area (Å²) in [7, 11) is 0. The van der Waals surface area contributed by atoms with Crippen molar-refractivity contribution in [2.45, 2.75) is 38.9 Å². The Labute approximate surface area is 109 Å². The van der Waals surface area contributed by atoms with Crippen LogP contribution < -0.4 is 0 Å². The van der Waals surface area contributed by atoms with Gasteiger partial charge in [0.05, 0.1) is 13.2 Å². The normalized spacial score (nSPS) is 10.1. The molecule has 0 aliphatic rings. The predicted octanol–water partition coefficient (Wildman–Crippen LogP) is 2.55. The first-order chi connectivity index (χ1) is 8.76. The molecule has 1 aromatic carbocycles. The topological polar surface area (TPSA) is 40.5 Å². The zero-order valence-electron chi connectivity index (χ0n) is 10.7. The van der Waals surface area contributed by atoms with Gasteiger partial charge in [0, 0.05) is 5.56 Å². The average molecular weight is 244 g/mol. The molecule has 18 heavy (non-hydrogen) atoms. The quantitative estimate of drug-likeness (QED) is 0.439. The van der Waals surface area contributed by atoms with Gasteiger partial charge in [-0.2, -0.15) is 0 Å². The van der Waals surface area contributed by atoms with Crippen molar-refractivity contribution in [1.29, 1.82) is 0 Å². The van der Waals surface area contributed by atoms with Gasteiger partial charge in [0.1, 0.15) is 0 Å². The predicted molar refractivity (Wildman–Crippen MR) is 74.0 cm³/mol. The second-order valence-corrected chi connectivity index (χ2v) is 4.27. The molecule has 0 heterocycles. The van der Waals surface area contributed by atoms with Crippen molar-refractivity contribution in [1.82, 2.24) is 0 Å². The molecular formula is C16H20O2. The van der Waals surface area contributed by atoms with Crippen LogP contribution >= 0.6 is 0 Å². The lowest BCUT2D eigenvalue weighted by atomic mass is 9.94. The van der Waals surface area contributed by atoms with E-state index in [1.54, 1.807) is 0 Å². The van der Waals surface area contributed by atoms with Gasteiger partial charge in [-0.1, -0.05) is 12.0 Å². The van der Waals surface area contributed by atoms with Gasteiger partial charge in [0.2, 0.25) is 0 Å². The Morgan fingerprint density at radius 2 is 1.78 bits per heavy atom. The van der Waals surface area contributed by atoms with Crippen molar-refractivity contribution in [3.63, 3.8) is 0 Å². The minimum atomic E-state index is -0.0423. The van der Waals surface area contributed by atoms with E-state index in [0.717, 1.165) is 42.4 Å². The number of terminal acetylenes is 1. The molecule has 0 aliphatic heterocycles. The molecule has 0 amide bonds. The van der Waals surface area contributed by atoms with Gasteiger partial charge in [0.25, 0.3) is 0 Å². The van der Waals surface area contributed by atoms with E-state index in [-0.39, 0.29) is 13.2 Å². The fraction of sp³-hybridized carbons (Fsp3) is 0.375. The summed E-state index contributed by atoms with van der Waals surface area (Å²) in [5, 5.41) is 18.8. The number of hydrogen-bond donors (Lipinski definition) is 2. The number of aliphatic hydroxyl groups is 2. The molecule has 1 rings (SSSR count). The molecule has 0 radical (unpaired) electrons. The maximum absolute atomic E-state index is 9.39. The maximum atomic E-state index is 9.39. The summed E-state index contributed by atoms with van der Waals surface area (Å²) < 4.78 is 0. The monoisotopic (exact) mass is 244 g/mol. The Balaban J connectivity index is 2.93. The van der Waals surface area contributed by atoms with E-state index < -0.39 is 0 Å². The highest BCUT2D eigenvalue weighted by molar-refractivity contribution is 5.45. The summed E-state index contributed by atoms with van der Waals surface area (Å²) in [4.78, 5) is 0. The van der Waals surface area contributed by atoms with Gasteiger partial charge in [-0.15, -0.1) is 13.0 Å². The number of benzene rings is 1. The smallest absolute Gasteiger partial charge is 0.0685 e. The lowest BCUT2D eigenvalue weighted by molar-refractivity contribution is 0.272. The van der Waals surface area contributed by atoms with Crippen molar-refractivity contribution in [2.24, 2.45) is 0 Å². The summed E-state index contributed by atoms with van der Waals surface area (Å²) in [6.07, 6.45) is 11.2. The van der Waals surface area contributed by atoms with Crippen LogP contribution in [0.2, 0.25) is 0 Å². The van der Waals surface area contributed by atoms with Crippen molar-refractivity contribution in [2.75, 3.05) is 0 Å². The Hall–Kier alpha value is -1.56. The highest BCUT2D eigenvalue weighted by atomic mass is 16.3. The zero-order valence-corrected chi connectivity index (χ0v) is 10.7. The second kappa shape index (κ2) is 7.71. The van der Waals surface area contributed by atoms with Crippen LogP contribution in [0.1, 0.15) is 41.5 Å². The molecule has 1 aromatic rings. The van der Waals surface area contributed by atoms with Crippen molar-refractivity contribution in [3.8, 4) is 12.3 Å². The van der Waals surface area contributed by atoms with Gasteiger partial charge in [-0.3, -0.25) is 0 Å². The Bertz CT molecular complexity index is 416. The van der Waals surface area contributed by atoms with Gasteiger partial charge < -0.3 is 10.2 Å². The summed E-state index contributed by atoms with van der Waals surface area (Å²) in [6.45, 7) is 3.61. The highest BCUT2D eigenvalue weighted by Crippen LogP contribution is 2.21. The third kappa shape index (κ3) is 3.73. The molecular weight excluding hydrogens is 224 g/mol. The fourth-order valence-corrected chi connectivity index (χ4v) is 2.07. The SMILES string of the molecule is C#Cc1cc(CO)c(CCCCC=C)c(CO)c1.